The fourth-order valence-electron chi connectivity index (χ4n) is 3.55. The lowest BCUT2D eigenvalue weighted by atomic mass is 10.1. The number of carbonyl (C=O) groups excluding carboxylic acids is 1. The summed E-state index contributed by atoms with van der Waals surface area (Å²) in [4.78, 5) is 14.3. The Morgan fingerprint density at radius 2 is 2.00 bits per heavy atom. The summed E-state index contributed by atoms with van der Waals surface area (Å²) >= 11 is 0. The maximum atomic E-state index is 12.4. The molecule has 0 saturated carbocycles. The average molecular weight is 361 g/mol. The van der Waals surface area contributed by atoms with E-state index in [1.807, 2.05) is 54.3 Å². The summed E-state index contributed by atoms with van der Waals surface area (Å²) in [5.41, 5.74) is 5.85. The molecule has 0 bridgehead atoms. The maximum absolute atomic E-state index is 12.4. The van der Waals surface area contributed by atoms with Crippen LogP contribution in [0.15, 0.2) is 53.1 Å². The van der Waals surface area contributed by atoms with E-state index < -0.39 is 0 Å². The molecule has 1 aliphatic rings. The van der Waals surface area contributed by atoms with Crippen molar-refractivity contribution < 1.29 is 9.32 Å². The van der Waals surface area contributed by atoms with Crippen molar-refractivity contribution in [2.75, 3.05) is 11.9 Å². The van der Waals surface area contributed by atoms with Gasteiger partial charge in [-0.05, 0) is 37.1 Å². The zero-order valence-electron chi connectivity index (χ0n) is 15.7. The van der Waals surface area contributed by atoms with E-state index in [1.54, 1.807) is 0 Å². The number of carbonyl (C=O) groups is 1. The predicted octanol–water partition coefficient (Wildman–Crippen LogP) is 4.63. The van der Waals surface area contributed by atoms with E-state index in [0.29, 0.717) is 13.1 Å². The molecular formula is C22H23N3O2. The number of nitrogens with one attached hydrogen (secondary N) is 1. The molecule has 0 radical (unpaired) electrons. The number of anilines is 1. The molecule has 3 aromatic rings. The molecule has 5 heteroatoms. The molecule has 1 amide bonds. The van der Waals surface area contributed by atoms with Crippen LogP contribution in [0.2, 0.25) is 0 Å². The minimum Gasteiger partial charge on any atom is -0.381 e. The van der Waals surface area contributed by atoms with E-state index in [-0.39, 0.29) is 5.91 Å². The number of aromatic nitrogens is 1. The zero-order chi connectivity index (χ0) is 18.8. The van der Waals surface area contributed by atoms with Crippen molar-refractivity contribution >= 4 is 11.6 Å². The molecule has 0 fully saturated rings. The lowest BCUT2D eigenvalue weighted by Gasteiger charge is -2.13. The molecule has 0 aliphatic carbocycles. The van der Waals surface area contributed by atoms with Gasteiger partial charge in [-0.1, -0.05) is 42.4 Å². The van der Waals surface area contributed by atoms with E-state index in [1.165, 1.54) is 0 Å². The van der Waals surface area contributed by atoms with Gasteiger partial charge in [0.25, 0.3) is 5.91 Å². The Kier molecular flexibility index (Phi) is 4.67. The molecule has 1 aromatic heterocycles. The Morgan fingerprint density at radius 3 is 2.78 bits per heavy atom. The Morgan fingerprint density at radius 1 is 1.19 bits per heavy atom. The summed E-state index contributed by atoms with van der Waals surface area (Å²) in [7, 11) is 0. The Bertz CT molecular complexity index is 963. The van der Waals surface area contributed by atoms with Crippen molar-refractivity contribution in [2.24, 2.45) is 0 Å². The van der Waals surface area contributed by atoms with Gasteiger partial charge in [0.15, 0.2) is 5.76 Å². The van der Waals surface area contributed by atoms with Gasteiger partial charge < -0.3 is 14.7 Å². The van der Waals surface area contributed by atoms with Crippen molar-refractivity contribution in [3.63, 3.8) is 0 Å². The van der Waals surface area contributed by atoms with Gasteiger partial charge in [-0.2, -0.15) is 0 Å². The first-order chi connectivity index (χ1) is 13.2. The van der Waals surface area contributed by atoms with Crippen LogP contribution in [0.3, 0.4) is 0 Å². The minimum absolute atomic E-state index is 0.139. The number of aryl methyl sites for hydroxylation is 1. The summed E-state index contributed by atoms with van der Waals surface area (Å²) in [6.45, 7) is 6.16. The number of hydrogen-bond acceptors (Lipinski definition) is 4. The summed E-state index contributed by atoms with van der Waals surface area (Å²) in [6, 6.07) is 16.0. The van der Waals surface area contributed by atoms with Crippen LogP contribution in [0.25, 0.3) is 11.3 Å². The van der Waals surface area contributed by atoms with Crippen molar-refractivity contribution in [1.82, 2.24) is 10.1 Å². The number of fused-ring (bicyclic) bond motifs is 1. The van der Waals surface area contributed by atoms with Gasteiger partial charge >= 0.3 is 0 Å². The lowest BCUT2D eigenvalue weighted by Crippen LogP contribution is -2.24. The van der Waals surface area contributed by atoms with Crippen molar-refractivity contribution in [2.45, 2.75) is 33.4 Å². The molecule has 27 heavy (non-hydrogen) atoms. The molecular weight excluding hydrogens is 338 g/mol. The van der Waals surface area contributed by atoms with Gasteiger partial charge in [0.2, 0.25) is 0 Å². The molecule has 2 aromatic carbocycles. The van der Waals surface area contributed by atoms with Crippen LogP contribution in [0.5, 0.6) is 0 Å². The predicted molar refractivity (Wildman–Crippen MR) is 105 cm³/mol. The molecule has 0 unspecified atom stereocenters. The number of amides is 1. The monoisotopic (exact) mass is 361 g/mol. The van der Waals surface area contributed by atoms with Crippen LogP contribution in [0.4, 0.5) is 5.69 Å². The fraction of sp³-hybridized carbons (Fsp3) is 0.273. The molecule has 2 heterocycles. The normalized spacial score (nSPS) is 13.1. The highest BCUT2D eigenvalue weighted by Gasteiger charge is 2.26. The van der Waals surface area contributed by atoms with Crippen LogP contribution in [-0.4, -0.2) is 22.5 Å². The fourth-order valence-corrected chi connectivity index (χ4v) is 3.55. The first-order valence-electron chi connectivity index (χ1n) is 9.34. The van der Waals surface area contributed by atoms with Gasteiger partial charge in [-0.25, -0.2) is 0 Å². The smallest absolute Gasteiger partial charge is 0.254 e. The van der Waals surface area contributed by atoms with Crippen LogP contribution in [0.1, 0.15) is 40.5 Å². The van der Waals surface area contributed by atoms with Crippen molar-refractivity contribution in [1.29, 1.82) is 0 Å². The first-order valence-corrected chi connectivity index (χ1v) is 9.34. The minimum atomic E-state index is 0.139. The third-order valence-electron chi connectivity index (χ3n) is 4.97. The van der Waals surface area contributed by atoms with Crippen LogP contribution in [0, 0.1) is 6.92 Å². The Labute approximate surface area is 159 Å². The average Bonchev–Trinajstić information content (AvgIpc) is 3.21. The maximum Gasteiger partial charge on any atom is 0.254 e. The molecule has 1 N–H and O–H groups in total. The second-order valence-corrected chi connectivity index (χ2v) is 6.89. The Hall–Kier alpha value is -3.08. The summed E-state index contributed by atoms with van der Waals surface area (Å²) in [6.07, 6.45) is 0.972. The second-order valence-electron chi connectivity index (χ2n) is 6.89. The molecule has 5 nitrogen and oxygen atoms in total. The molecule has 4 rings (SSSR count). The highest BCUT2D eigenvalue weighted by molar-refractivity contribution is 5.98. The van der Waals surface area contributed by atoms with E-state index in [2.05, 4.69) is 23.5 Å². The number of nitrogens with zero attached hydrogens (tertiary/aromatic N) is 2. The number of benzene rings is 2. The SMILES string of the molecule is CCCN1Cc2cc(NCc3c(C)noc3-c3ccccc3)ccc2C1=O. The lowest BCUT2D eigenvalue weighted by molar-refractivity contribution is 0.0778. The second kappa shape index (κ2) is 7.27. The van der Waals surface area contributed by atoms with E-state index in [4.69, 9.17) is 4.52 Å². The van der Waals surface area contributed by atoms with Crippen LogP contribution in [-0.2, 0) is 13.1 Å². The zero-order valence-corrected chi connectivity index (χ0v) is 15.7. The van der Waals surface area contributed by atoms with Gasteiger partial charge in [0.05, 0.1) is 5.69 Å². The van der Waals surface area contributed by atoms with Gasteiger partial charge in [-0.15, -0.1) is 0 Å². The summed E-state index contributed by atoms with van der Waals surface area (Å²) in [5.74, 6) is 0.936. The molecule has 0 atom stereocenters. The highest BCUT2D eigenvalue weighted by Crippen LogP contribution is 2.29. The standard InChI is InChI=1S/C22H23N3O2/c1-3-11-25-14-17-12-18(9-10-19(17)22(25)26)23-13-20-15(2)24-27-21(20)16-7-5-4-6-8-16/h4-10,12,23H,3,11,13-14H2,1-2H3. The molecule has 0 saturated heterocycles. The van der Waals surface area contributed by atoms with Gasteiger partial charge in [-0.3, -0.25) is 4.79 Å². The summed E-state index contributed by atoms with van der Waals surface area (Å²) in [5, 5.41) is 7.60. The molecule has 138 valence electrons. The van der Waals surface area contributed by atoms with Crippen LogP contribution < -0.4 is 5.32 Å². The number of hydrogen-bond donors (Lipinski definition) is 1. The highest BCUT2D eigenvalue weighted by atomic mass is 16.5. The van der Waals surface area contributed by atoms with E-state index in [9.17, 15) is 4.79 Å². The van der Waals surface area contributed by atoms with Crippen LogP contribution >= 0.6 is 0 Å². The third kappa shape index (κ3) is 3.33. The molecule has 1 aliphatic heterocycles. The largest absolute Gasteiger partial charge is 0.381 e. The number of rotatable bonds is 6. The van der Waals surface area contributed by atoms with Gasteiger partial charge in [0, 0.05) is 42.0 Å². The quantitative estimate of drug-likeness (QED) is 0.695. The molecule has 0 spiro atoms. The third-order valence-corrected chi connectivity index (χ3v) is 4.97. The Balaban J connectivity index is 1.52. The van der Waals surface area contributed by atoms with E-state index >= 15 is 0 Å². The van der Waals surface area contributed by atoms with Gasteiger partial charge in [0.1, 0.15) is 0 Å². The van der Waals surface area contributed by atoms with Crippen molar-refractivity contribution in [3.8, 4) is 11.3 Å². The topological polar surface area (TPSA) is 58.4 Å². The summed E-state index contributed by atoms with van der Waals surface area (Å²) < 4.78 is 5.56. The van der Waals surface area contributed by atoms with Crippen molar-refractivity contribution in [3.05, 3.63) is 70.9 Å². The first kappa shape index (κ1) is 17.3. The van der Waals surface area contributed by atoms with E-state index in [0.717, 1.165) is 52.4 Å².